The van der Waals surface area contributed by atoms with Gasteiger partial charge in [-0.3, -0.25) is 0 Å². The Bertz CT molecular complexity index is 478. The van der Waals surface area contributed by atoms with Gasteiger partial charge in [-0.2, -0.15) is 13.2 Å². The minimum Gasteiger partial charge on any atom is -0.508 e. The first kappa shape index (κ1) is 16.5. The summed E-state index contributed by atoms with van der Waals surface area (Å²) in [6.45, 7) is 3.33. The summed E-state index contributed by atoms with van der Waals surface area (Å²) in [7, 11) is 1.48. The van der Waals surface area contributed by atoms with E-state index in [0.29, 0.717) is 17.9 Å². The summed E-state index contributed by atoms with van der Waals surface area (Å²) in [5.74, 6) is 1.09. The third kappa shape index (κ3) is 5.61. The summed E-state index contributed by atoms with van der Waals surface area (Å²) >= 11 is 1.41. The number of methoxy groups -OCH3 is 1. The number of alkyl halides is 3. The van der Waals surface area contributed by atoms with Crippen LogP contribution < -0.4 is 0 Å². The van der Waals surface area contributed by atoms with Crippen molar-refractivity contribution in [2.24, 2.45) is 0 Å². The molecule has 6 heteroatoms. The molecule has 0 fully saturated rings. The molecular formula is C14H15F3O2S. The number of thioether (sulfide) groups is 1. The molecule has 0 saturated carbocycles. The van der Waals surface area contributed by atoms with Gasteiger partial charge in [0.25, 0.3) is 0 Å². The molecule has 1 aromatic carbocycles. The molecule has 0 aliphatic heterocycles. The van der Waals surface area contributed by atoms with Gasteiger partial charge in [0.2, 0.25) is 0 Å². The maximum atomic E-state index is 12.4. The maximum Gasteiger partial charge on any atom is 0.416 e. The number of ether oxygens (including phenoxy) is 1. The third-order valence-corrected chi connectivity index (χ3v) is 3.40. The Morgan fingerprint density at radius 2 is 1.95 bits per heavy atom. The van der Waals surface area contributed by atoms with Gasteiger partial charge < -0.3 is 9.84 Å². The zero-order valence-electron chi connectivity index (χ0n) is 10.9. The van der Waals surface area contributed by atoms with Crippen LogP contribution in [0.2, 0.25) is 0 Å². The van der Waals surface area contributed by atoms with E-state index < -0.39 is 11.7 Å². The Kier molecular flexibility index (Phi) is 6.01. The van der Waals surface area contributed by atoms with Crippen LogP contribution >= 0.6 is 11.8 Å². The minimum atomic E-state index is -4.31. The maximum absolute atomic E-state index is 12.4. The number of hydrogen-bond acceptors (Lipinski definition) is 3. The quantitative estimate of drug-likeness (QED) is 0.465. The molecule has 2 nitrogen and oxygen atoms in total. The van der Waals surface area contributed by atoms with Crippen molar-refractivity contribution in [3.8, 4) is 0 Å². The molecule has 1 aromatic rings. The first-order chi connectivity index (χ1) is 9.32. The SMILES string of the molecule is C=C(O)/C=C(/CCSc1ccc(C(F)(F)F)cc1)OC. The van der Waals surface area contributed by atoms with E-state index in [0.717, 1.165) is 17.0 Å². The third-order valence-electron chi connectivity index (χ3n) is 2.39. The number of halogens is 3. The molecule has 0 aliphatic rings. The number of aliphatic hydroxyl groups is 1. The highest BCUT2D eigenvalue weighted by Gasteiger charge is 2.29. The predicted octanol–water partition coefficient (Wildman–Crippen LogP) is 4.79. The van der Waals surface area contributed by atoms with Crippen LogP contribution in [-0.2, 0) is 10.9 Å². The normalized spacial score (nSPS) is 12.3. The van der Waals surface area contributed by atoms with E-state index in [1.54, 1.807) is 0 Å². The van der Waals surface area contributed by atoms with Crippen LogP contribution in [0.3, 0.4) is 0 Å². The van der Waals surface area contributed by atoms with Crippen molar-refractivity contribution < 1.29 is 23.0 Å². The molecule has 0 unspecified atom stereocenters. The van der Waals surface area contributed by atoms with Crippen LogP contribution in [0, 0.1) is 0 Å². The standard InChI is InChI=1S/C14H15F3O2S/c1-10(18)9-12(19-2)7-8-20-13-5-3-11(4-6-13)14(15,16)17/h3-6,9,18H,1,7-8H2,2H3/b12-9-. The van der Waals surface area contributed by atoms with Crippen molar-refractivity contribution in [3.63, 3.8) is 0 Å². The highest BCUT2D eigenvalue weighted by molar-refractivity contribution is 7.99. The molecule has 0 radical (unpaired) electrons. The summed E-state index contributed by atoms with van der Waals surface area (Å²) in [6.07, 6.45) is -2.36. The fourth-order valence-electron chi connectivity index (χ4n) is 1.43. The molecule has 1 rings (SSSR count). The molecule has 0 saturated heterocycles. The highest BCUT2D eigenvalue weighted by Crippen LogP contribution is 2.31. The number of rotatable bonds is 6. The molecule has 0 aliphatic carbocycles. The van der Waals surface area contributed by atoms with Gasteiger partial charge in [-0.15, -0.1) is 11.8 Å². The largest absolute Gasteiger partial charge is 0.508 e. The van der Waals surface area contributed by atoms with Crippen molar-refractivity contribution in [2.75, 3.05) is 12.9 Å². The van der Waals surface area contributed by atoms with Crippen molar-refractivity contribution in [1.82, 2.24) is 0 Å². The van der Waals surface area contributed by atoms with E-state index in [9.17, 15) is 13.2 Å². The lowest BCUT2D eigenvalue weighted by molar-refractivity contribution is -0.137. The van der Waals surface area contributed by atoms with E-state index >= 15 is 0 Å². The van der Waals surface area contributed by atoms with E-state index in [2.05, 4.69) is 6.58 Å². The number of benzene rings is 1. The Labute approximate surface area is 119 Å². The zero-order valence-corrected chi connectivity index (χ0v) is 11.7. The Morgan fingerprint density at radius 1 is 1.35 bits per heavy atom. The van der Waals surface area contributed by atoms with E-state index in [-0.39, 0.29) is 5.76 Å². The van der Waals surface area contributed by atoms with Gasteiger partial charge in [-0.05, 0) is 24.3 Å². The molecule has 0 bridgehead atoms. The van der Waals surface area contributed by atoms with Crippen molar-refractivity contribution in [3.05, 3.63) is 54.0 Å². The van der Waals surface area contributed by atoms with Crippen LogP contribution in [0.4, 0.5) is 13.2 Å². The molecule has 0 heterocycles. The highest BCUT2D eigenvalue weighted by atomic mass is 32.2. The second-order valence-corrected chi connectivity index (χ2v) is 5.10. The fraction of sp³-hybridized carbons (Fsp3) is 0.286. The lowest BCUT2D eigenvalue weighted by Crippen LogP contribution is -2.03. The second kappa shape index (κ2) is 7.28. The minimum absolute atomic E-state index is 0.0959. The summed E-state index contributed by atoms with van der Waals surface area (Å²) in [5, 5.41) is 9.01. The molecule has 20 heavy (non-hydrogen) atoms. The molecule has 110 valence electrons. The van der Waals surface area contributed by atoms with Crippen molar-refractivity contribution >= 4 is 11.8 Å². The smallest absolute Gasteiger partial charge is 0.416 e. The number of hydrogen-bond donors (Lipinski definition) is 1. The average molecular weight is 304 g/mol. The van der Waals surface area contributed by atoms with Crippen LogP contribution in [0.1, 0.15) is 12.0 Å². The van der Waals surface area contributed by atoms with Crippen LogP contribution in [0.15, 0.2) is 53.3 Å². The van der Waals surface area contributed by atoms with Gasteiger partial charge >= 0.3 is 6.18 Å². The molecule has 0 spiro atoms. The summed E-state index contributed by atoms with van der Waals surface area (Å²) in [6, 6.07) is 5.00. The van der Waals surface area contributed by atoms with Crippen molar-refractivity contribution in [1.29, 1.82) is 0 Å². The monoisotopic (exact) mass is 304 g/mol. The molecule has 0 atom stereocenters. The van der Waals surface area contributed by atoms with Crippen LogP contribution in [-0.4, -0.2) is 18.0 Å². The van der Waals surface area contributed by atoms with Crippen LogP contribution in [0.5, 0.6) is 0 Å². The number of aliphatic hydroxyl groups excluding tert-OH is 1. The van der Waals surface area contributed by atoms with Gasteiger partial charge in [0.15, 0.2) is 0 Å². The predicted molar refractivity (Wildman–Crippen MR) is 73.6 cm³/mol. The Balaban J connectivity index is 2.52. The first-order valence-electron chi connectivity index (χ1n) is 5.75. The zero-order chi connectivity index (χ0) is 15.2. The van der Waals surface area contributed by atoms with Gasteiger partial charge in [-0.1, -0.05) is 6.58 Å². The summed E-state index contributed by atoms with van der Waals surface area (Å²) < 4.78 is 42.2. The van der Waals surface area contributed by atoms with E-state index in [1.165, 1.54) is 37.1 Å². The van der Waals surface area contributed by atoms with Gasteiger partial charge in [0.05, 0.1) is 18.4 Å². The topological polar surface area (TPSA) is 29.5 Å². The average Bonchev–Trinajstić information content (AvgIpc) is 2.36. The lowest BCUT2D eigenvalue weighted by atomic mass is 10.2. The lowest BCUT2D eigenvalue weighted by Gasteiger charge is -2.08. The Morgan fingerprint density at radius 3 is 2.40 bits per heavy atom. The van der Waals surface area contributed by atoms with E-state index in [1.807, 2.05) is 0 Å². The van der Waals surface area contributed by atoms with E-state index in [4.69, 9.17) is 9.84 Å². The molecule has 0 aromatic heterocycles. The summed E-state index contributed by atoms with van der Waals surface area (Å²) in [4.78, 5) is 0.747. The Hall–Kier alpha value is -1.56. The van der Waals surface area contributed by atoms with Crippen molar-refractivity contribution in [2.45, 2.75) is 17.5 Å². The van der Waals surface area contributed by atoms with Gasteiger partial charge in [0.1, 0.15) is 5.76 Å². The van der Waals surface area contributed by atoms with Gasteiger partial charge in [0, 0.05) is 23.1 Å². The summed E-state index contributed by atoms with van der Waals surface area (Å²) in [5.41, 5.74) is -0.657. The van der Waals surface area contributed by atoms with Gasteiger partial charge in [-0.25, -0.2) is 0 Å². The fourth-order valence-corrected chi connectivity index (χ4v) is 2.30. The molecule has 1 N–H and O–H groups in total. The number of allylic oxidation sites excluding steroid dienone is 2. The first-order valence-corrected chi connectivity index (χ1v) is 6.74. The molecule has 0 amide bonds. The van der Waals surface area contributed by atoms with Crippen LogP contribution in [0.25, 0.3) is 0 Å². The molecular weight excluding hydrogens is 289 g/mol. The second-order valence-electron chi connectivity index (χ2n) is 3.93.